The van der Waals surface area contributed by atoms with Gasteiger partial charge < -0.3 is 15.1 Å². The summed E-state index contributed by atoms with van der Waals surface area (Å²) in [6, 6.07) is 12.9. The first-order valence-electron chi connectivity index (χ1n) is 9.89. The minimum atomic E-state index is -4.56. The molecule has 2 aromatic rings. The maximum absolute atomic E-state index is 13.1. The zero-order valence-corrected chi connectivity index (χ0v) is 16.4. The lowest BCUT2D eigenvalue weighted by atomic mass is 10.0. The van der Waals surface area contributed by atoms with Crippen LogP contribution in [0.1, 0.15) is 17.5 Å². The Morgan fingerprint density at radius 3 is 2.55 bits per heavy atom. The molecule has 1 unspecified atom stereocenters. The number of hydrogen-bond donors (Lipinski definition) is 1. The number of fused-ring (bicyclic) bond motifs is 1. The van der Waals surface area contributed by atoms with Crippen LogP contribution >= 0.6 is 0 Å². The average Bonchev–Trinajstić information content (AvgIpc) is 3.25. The van der Waals surface area contributed by atoms with Crippen molar-refractivity contribution in [3.63, 3.8) is 0 Å². The van der Waals surface area contributed by atoms with Gasteiger partial charge in [-0.05, 0) is 23.8 Å². The molecule has 3 aliphatic rings. The maximum atomic E-state index is 13.1. The molecule has 3 amide bonds. The minimum Gasteiger partial charge on any atom is -0.370 e. The third-order valence-electron chi connectivity index (χ3n) is 5.90. The molecule has 0 bridgehead atoms. The Bertz CT molecular complexity index is 1080. The molecule has 3 aliphatic heterocycles. The molecule has 0 aromatic heterocycles. The van der Waals surface area contributed by atoms with Crippen LogP contribution in [-0.2, 0) is 17.5 Å². The number of imide groups is 1. The second-order valence-electron chi connectivity index (χ2n) is 7.80. The number of carbonyl (C=O) groups excluding carboxylic acids is 2. The predicted molar refractivity (Wildman–Crippen MR) is 106 cm³/mol. The van der Waals surface area contributed by atoms with E-state index in [1.54, 1.807) is 0 Å². The topological polar surface area (TPSA) is 55.9 Å². The maximum Gasteiger partial charge on any atom is 0.416 e. The fourth-order valence-corrected chi connectivity index (χ4v) is 4.35. The summed E-state index contributed by atoms with van der Waals surface area (Å²) < 4.78 is 39.3. The minimum absolute atomic E-state index is 0.0616. The number of alkyl halides is 3. The molecule has 1 atom stereocenters. The van der Waals surface area contributed by atoms with E-state index in [-0.39, 0.29) is 12.2 Å². The van der Waals surface area contributed by atoms with Gasteiger partial charge in [-0.25, -0.2) is 9.69 Å². The molecule has 3 heterocycles. The van der Waals surface area contributed by atoms with Crippen LogP contribution in [0.25, 0.3) is 0 Å². The lowest BCUT2D eigenvalue weighted by molar-refractivity contribution is -0.137. The number of carbonyl (C=O) groups is 2. The van der Waals surface area contributed by atoms with Crippen LogP contribution in [0.2, 0.25) is 0 Å². The quantitative estimate of drug-likeness (QED) is 0.761. The Balaban J connectivity index is 1.39. The molecular weight excluding hydrogens is 409 g/mol. The normalized spacial score (nSPS) is 20.9. The molecular formula is C22H19F3N4O2. The Morgan fingerprint density at radius 1 is 1.03 bits per heavy atom. The Hall–Kier alpha value is -3.49. The lowest BCUT2D eigenvalue weighted by Gasteiger charge is -2.31. The Kier molecular flexibility index (Phi) is 4.42. The molecule has 1 N–H and O–H groups in total. The van der Waals surface area contributed by atoms with E-state index in [2.05, 4.69) is 10.2 Å². The van der Waals surface area contributed by atoms with Crippen molar-refractivity contribution in [3.8, 4) is 0 Å². The summed E-state index contributed by atoms with van der Waals surface area (Å²) in [5.74, 6) is -0.501. The number of urea groups is 1. The second-order valence-corrected chi connectivity index (χ2v) is 7.80. The van der Waals surface area contributed by atoms with E-state index in [1.807, 2.05) is 30.3 Å². The lowest BCUT2D eigenvalue weighted by Crippen LogP contribution is -2.42. The highest BCUT2D eigenvalue weighted by atomic mass is 19.4. The van der Waals surface area contributed by atoms with Gasteiger partial charge in [0.05, 0.1) is 30.2 Å². The fraction of sp³-hybridized carbons (Fsp3) is 0.273. The van der Waals surface area contributed by atoms with Crippen LogP contribution in [0.15, 0.2) is 66.0 Å². The van der Waals surface area contributed by atoms with E-state index in [0.717, 1.165) is 34.0 Å². The van der Waals surface area contributed by atoms with Gasteiger partial charge >= 0.3 is 12.2 Å². The van der Waals surface area contributed by atoms with Crippen molar-refractivity contribution in [2.45, 2.75) is 25.2 Å². The number of halogens is 3. The van der Waals surface area contributed by atoms with Gasteiger partial charge in [-0.3, -0.25) is 4.79 Å². The summed E-state index contributed by atoms with van der Waals surface area (Å²) in [6.45, 7) is 1.48. The predicted octanol–water partition coefficient (Wildman–Crippen LogP) is 3.52. The van der Waals surface area contributed by atoms with Gasteiger partial charge in [-0.15, -0.1) is 0 Å². The second kappa shape index (κ2) is 7.04. The highest BCUT2D eigenvalue weighted by Gasteiger charge is 2.50. The molecule has 9 heteroatoms. The summed E-state index contributed by atoms with van der Waals surface area (Å²) in [7, 11) is 0. The molecule has 160 valence electrons. The van der Waals surface area contributed by atoms with Crippen molar-refractivity contribution in [1.29, 1.82) is 0 Å². The Labute approximate surface area is 176 Å². The highest BCUT2D eigenvalue weighted by Crippen LogP contribution is 2.37. The first kappa shape index (κ1) is 19.5. The first-order chi connectivity index (χ1) is 14.8. The van der Waals surface area contributed by atoms with Crippen molar-refractivity contribution >= 4 is 17.6 Å². The van der Waals surface area contributed by atoms with Gasteiger partial charge in [0, 0.05) is 18.7 Å². The number of amides is 3. The number of hydrogen-bond acceptors (Lipinski definition) is 4. The molecule has 1 fully saturated rings. The number of nitrogens with zero attached hydrogens (tertiary/aromatic N) is 3. The van der Waals surface area contributed by atoms with Gasteiger partial charge in [0.1, 0.15) is 6.04 Å². The number of rotatable bonds is 3. The van der Waals surface area contributed by atoms with E-state index in [4.69, 9.17) is 0 Å². The van der Waals surface area contributed by atoms with E-state index >= 15 is 0 Å². The molecule has 31 heavy (non-hydrogen) atoms. The van der Waals surface area contributed by atoms with Crippen molar-refractivity contribution in [2.75, 3.05) is 18.1 Å². The number of nitrogens with one attached hydrogen (secondary N) is 1. The smallest absolute Gasteiger partial charge is 0.370 e. The Morgan fingerprint density at radius 2 is 1.81 bits per heavy atom. The van der Waals surface area contributed by atoms with Gasteiger partial charge in [0.15, 0.2) is 0 Å². The van der Waals surface area contributed by atoms with E-state index in [1.165, 1.54) is 17.0 Å². The van der Waals surface area contributed by atoms with Crippen LogP contribution in [0.3, 0.4) is 0 Å². The zero-order chi connectivity index (χ0) is 21.8. The summed E-state index contributed by atoms with van der Waals surface area (Å²) in [6.07, 6.45) is -4.24. The molecule has 5 rings (SSSR count). The third kappa shape index (κ3) is 3.30. The molecule has 0 aliphatic carbocycles. The van der Waals surface area contributed by atoms with Gasteiger partial charge in [0.2, 0.25) is 0 Å². The monoisotopic (exact) mass is 428 g/mol. The zero-order valence-electron chi connectivity index (χ0n) is 16.4. The molecule has 6 nitrogen and oxygen atoms in total. The highest BCUT2D eigenvalue weighted by molar-refractivity contribution is 6.21. The molecule has 0 spiro atoms. The van der Waals surface area contributed by atoms with Gasteiger partial charge in [-0.2, -0.15) is 13.2 Å². The van der Waals surface area contributed by atoms with Crippen LogP contribution in [0, 0.1) is 0 Å². The standard InChI is InChI=1S/C22H19F3N4O2/c23-22(24,25)15-7-4-8-16(9-15)29-20(30)18-10-17-19(12-28(18)21(29)31)27(13-26-17)11-14-5-2-1-3-6-14/h1-9,18,26H,10-13H2. The molecule has 1 saturated heterocycles. The third-order valence-corrected chi connectivity index (χ3v) is 5.90. The molecule has 0 radical (unpaired) electrons. The van der Waals surface area contributed by atoms with Gasteiger partial charge in [-0.1, -0.05) is 36.4 Å². The van der Waals surface area contributed by atoms with Crippen LogP contribution in [0.5, 0.6) is 0 Å². The van der Waals surface area contributed by atoms with Crippen molar-refractivity contribution < 1.29 is 22.8 Å². The molecule has 2 aromatic carbocycles. The number of benzene rings is 2. The van der Waals surface area contributed by atoms with Gasteiger partial charge in [0.25, 0.3) is 5.91 Å². The van der Waals surface area contributed by atoms with Crippen LogP contribution in [-0.4, -0.2) is 41.0 Å². The fourth-order valence-electron chi connectivity index (χ4n) is 4.35. The van der Waals surface area contributed by atoms with E-state index in [0.29, 0.717) is 19.6 Å². The average molecular weight is 428 g/mol. The van der Waals surface area contributed by atoms with Crippen molar-refractivity contribution in [2.24, 2.45) is 0 Å². The largest absolute Gasteiger partial charge is 0.416 e. The SMILES string of the molecule is O=C1C2CC3=C(CN2C(=O)N1c1cccc(C(F)(F)F)c1)N(Cc1ccccc1)CN3. The summed E-state index contributed by atoms with van der Waals surface area (Å²) in [5.41, 5.74) is 2.01. The van der Waals surface area contributed by atoms with Crippen molar-refractivity contribution in [1.82, 2.24) is 15.1 Å². The summed E-state index contributed by atoms with van der Waals surface area (Å²) in [4.78, 5) is 30.5. The van der Waals surface area contributed by atoms with Crippen LogP contribution in [0.4, 0.5) is 23.7 Å². The van der Waals surface area contributed by atoms with E-state index < -0.39 is 29.7 Å². The van der Waals surface area contributed by atoms with E-state index in [9.17, 15) is 22.8 Å². The summed E-state index contributed by atoms with van der Waals surface area (Å²) >= 11 is 0. The van der Waals surface area contributed by atoms with Crippen molar-refractivity contribution in [3.05, 3.63) is 77.1 Å². The van der Waals surface area contributed by atoms with Crippen LogP contribution < -0.4 is 10.2 Å². The molecule has 0 saturated carbocycles. The first-order valence-corrected chi connectivity index (χ1v) is 9.89. The number of anilines is 1. The summed E-state index contributed by atoms with van der Waals surface area (Å²) in [5, 5.41) is 3.31.